The summed E-state index contributed by atoms with van der Waals surface area (Å²) < 4.78 is 5.17. The fraction of sp³-hybridized carbons (Fsp3) is 0.500. The first-order valence-electron chi connectivity index (χ1n) is 8.42. The topological polar surface area (TPSA) is 75.7 Å². The van der Waals surface area contributed by atoms with Crippen molar-refractivity contribution in [3.05, 3.63) is 35.9 Å². The predicted octanol–water partition coefficient (Wildman–Crippen LogP) is 1.64. The normalized spacial score (nSPS) is 25.2. The molecule has 134 valence electrons. The number of ether oxygens (including phenoxy) is 1. The zero-order valence-electron chi connectivity index (χ0n) is 14.4. The van der Waals surface area contributed by atoms with Gasteiger partial charge >= 0.3 is 5.97 Å². The molecule has 2 saturated heterocycles. The standard InChI is InChI=1S/C18H22N2O4S/c1-12(2)19-15(21)10-24-17(23)14-11-25-18(9-8-16(22)20(14)18)13-6-4-3-5-7-13/h3-7,12,14H,8-11H2,1-2H3,(H,19,21)/t14-,18-/m0/s1. The molecule has 1 N–H and O–H groups in total. The summed E-state index contributed by atoms with van der Waals surface area (Å²) in [6.45, 7) is 3.35. The number of thioether (sulfide) groups is 1. The Morgan fingerprint density at radius 2 is 2.08 bits per heavy atom. The van der Waals surface area contributed by atoms with E-state index in [4.69, 9.17) is 4.74 Å². The maximum absolute atomic E-state index is 12.5. The van der Waals surface area contributed by atoms with Crippen LogP contribution in [0.15, 0.2) is 30.3 Å². The van der Waals surface area contributed by atoms with Gasteiger partial charge < -0.3 is 15.0 Å². The quantitative estimate of drug-likeness (QED) is 0.806. The van der Waals surface area contributed by atoms with Crippen LogP contribution in [0.5, 0.6) is 0 Å². The largest absolute Gasteiger partial charge is 0.454 e. The molecule has 7 heteroatoms. The molecule has 0 radical (unpaired) electrons. The second-order valence-corrected chi connectivity index (χ2v) is 7.87. The molecule has 2 atom stereocenters. The number of benzene rings is 1. The van der Waals surface area contributed by atoms with Crippen LogP contribution in [0.25, 0.3) is 0 Å². The third kappa shape index (κ3) is 3.38. The molecule has 2 fully saturated rings. The first kappa shape index (κ1) is 17.8. The summed E-state index contributed by atoms with van der Waals surface area (Å²) in [5, 5.41) is 2.68. The summed E-state index contributed by atoms with van der Waals surface area (Å²) in [5.74, 6) is -0.413. The molecular weight excluding hydrogens is 340 g/mol. The van der Waals surface area contributed by atoms with Crippen molar-refractivity contribution in [2.45, 2.75) is 43.6 Å². The molecule has 2 aliphatic heterocycles. The van der Waals surface area contributed by atoms with Crippen molar-refractivity contribution >= 4 is 29.5 Å². The molecule has 0 spiro atoms. The van der Waals surface area contributed by atoms with Gasteiger partial charge in [0.2, 0.25) is 5.91 Å². The summed E-state index contributed by atoms with van der Waals surface area (Å²) in [5.41, 5.74) is 1.03. The molecule has 1 aromatic rings. The minimum atomic E-state index is -0.646. The van der Waals surface area contributed by atoms with Crippen molar-refractivity contribution in [3.63, 3.8) is 0 Å². The zero-order valence-corrected chi connectivity index (χ0v) is 15.2. The lowest BCUT2D eigenvalue weighted by molar-refractivity contribution is -0.156. The van der Waals surface area contributed by atoms with Crippen LogP contribution in [0.3, 0.4) is 0 Å². The lowest BCUT2D eigenvalue weighted by atomic mass is 10.0. The number of fused-ring (bicyclic) bond motifs is 1. The van der Waals surface area contributed by atoms with Crippen LogP contribution in [0.4, 0.5) is 0 Å². The van der Waals surface area contributed by atoms with E-state index < -0.39 is 16.9 Å². The average molecular weight is 362 g/mol. The highest BCUT2D eigenvalue weighted by molar-refractivity contribution is 8.00. The third-order valence-corrected chi connectivity index (χ3v) is 6.02. The van der Waals surface area contributed by atoms with Gasteiger partial charge in [0.25, 0.3) is 5.91 Å². The SMILES string of the molecule is CC(C)NC(=O)COC(=O)[C@@H]1CS[C@]2(c3ccccc3)CCC(=O)N12. The lowest BCUT2D eigenvalue weighted by Crippen LogP contribution is -2.47. The zero-order chi connectivity index (χ0) is 18.0. The highest BCUT2D eigenvalue weighted by atomic mass is 32.2. The van der Waals surface area contributed by atoms with Crippen LogP contribution in [0, 0.1) is 0 Å². The van der Waals surface area contributed by atoms with Crippen LogP contribution in [-0.2, 0) is 24.0 Å². The Kier molecular flexibility index (Phi) is 5.03. The molecule has 6 nitrogen and oxygen atoms in total. The molecule has 0 bridgehead atoms. The van der Waals surface area contributed by atoms with E-state index in [1.54, 1.807) is 16.7 Å². The Morgan fingerprint density at radius 3 is 2.76 bits per heavy atom. The molecular formula is C18H22N2O4S. The number of rotatable bonds is 5. The number of esters is 1. The molecule has 2 aliphatic rings. The Hall–Kier alpha value is -2.02. The van der Waals surface area contributed by atoms with E-state index in [2.05, 4.69) is 5.32 Å². The molecule has 1 aromatic carbocycles. The maximum Gasteiger partial charge on any atom is 0.330 e. The Morgan fingerprint density at radius 1 is 1.36 bits per heavy atom. The number of carbonyl (C=O) groups excluding carboxylic acids is 3. The second kappa shape index (κ2) is 7.07. The Bertz CT molecular complexity index is 679. The predicted molar refractivity (Wildman–Crippen MR) is 94.7 cm³/mol. The fourth-order valence-corrected chi connectivity index (χ4v) is 5.05. The Labute approximate surface area is 151 Å². The first-order chi connectivity index (χ1) is 11.9. The van der Waals surface area contributed by atoms with Crippen molar-refractivity contribution in [2.75, 3.05) is 12.4 Å². The van der Waals surface area contributed by atoms with Crippen molar-refractivity contribution in [2.24, 2.45) is 0 Å². The van der Waals surface area contributed by atoms with Crippen LogP contribution >= 0.6 is 11.8 Å². The highest BCUT2D eigenvalue weighted by Crippen LogP contribution is 2.54. The van der Waals surface area contributed by atoms with Crippen molar-refractivity contribution in [1.82, 2.24) is 10.2 Å². The number of hydrogen-bond acceptors (Lipinski definition) is 5. The smallest absolute Gasteiger partial charge is 0.330 e. The van der Waals surface area contributed by atoms with E-state index in [0.717, 1.165) is 5.56 Å². The molecule has 0 saturated carbocycles. The number of amides is 2. The summed E-state index contributed by atoms with van der Waals surface area (Å²) in [6, 6.07) is 9.12. The Balaban J connectivity index is 1.73. The number of nitrogens with zero attached hydrogens (tertiary/aromatic N) is 1. The second-order valence-electron chi connectivity index (χ2n) is 6.57. The van der Waals surface area contributed by atoms with E-state index in [1.807, 2.05) is 44.2 Å². The van der Waals surface area contributed by atoms with Gasteiger partial charge in [0, 0.05) is 18.2 Å². The fourth-order valence-electron chi connectivity index (χ4n) is 3.41. The maximum atomic E-state index is 12.5. The number of nitrogens with one attached hydrogen (secondary N) is 1. The van der Waals surface area contributed by atoms with Gasteiger partial charge in [0.1, 0.15) is 10.9 Å². The summed E-state index contributed by atoms with van der Waals surface area (Å²) in [7, 11) is 0. The van der Waals surface area contributed by atoms with Crippen LogP contribution < -0.4 is 5.32 Å². The van der Waals surface area contributed by atoms with E-state index in [9.17, 15) is 14.4 Å². The highest BCUT2D eigenvalue weighted by Gasteiger charge is 2.57. The third-order valence-electron chi connectivity index (χ3n) is 4.42. The lowest BCUT2D eigenvalue weighted by Gasteiger charge is -2.33. The van der Waals surface area contributed by atoms with Crippen molar-refractivity contribution in [3.8, 4) is 0 Å². The molecule has 25 heavy (non-hydrogen) atoms. The molecule has 0 aliphatic carbocycles. The van der Waals surface area contributed by atoms with E-state index in [-0.39, 0.29) is 24.5 Å². The van der Waals surface area contributed by atoms with E-state index >= 15 is 0 Å². The van der Waals surface area contributed by atoms with Crippen molar-refractivity contribution < 1.29 is 19.1 Å². The van der Waals surface area contributed by atoms with Gasteiger partial charge in [-0.3, -0.25) is 9.59 Å². The van der Waals surface area contributed by atoms with Gasteiger partial charge in [-0.25, -0.2) is 4.79 Å². The van der Waals surface area contributed by atoms with Crippen LogP contribution in [0.1, 0.15) is 32.3 Å². The van der Waals surface area contributed by atoms with Gasteiger partial charge in [0.15, 0.2) is 6.61 Å². The van der Waals surface area contributed by atoms with Gasteiger partial charge in [-0.2, -0.15) is 0 Å². The van der Waals surface area contributed by atoms with Gasteiger partial charge in [-0.15, -0.1) is 11.8 Å². The summed E-state index contributed by atoms with van der Waals surface area (Å²) in [4.78, 5) is 37.8. The molecule has 3 rings (SSSR count). The van der Waals surface area contributed by atoms with Crippen molar-refractivity contribution in [1.29, 1.82) is 0 Å². The minimum absolute atomic E-state index is 0.0147. The van der Waals surface area contributed by atoms with Crippen LogP contribution in [-0.4, -0.2) is 47.1 Å². The summed E-state index contributed by atoms with van der Waals surface area (Å²) >= 11 is 1.60. The van der Waals surface area contributed by atoms with E-state index in [0.29, 0.717) is 18.6 Å². The minimum Gasteiger partial charge on any atom is -0.454 e. The first-order valence-corrected chi connectivity index (χ1v) is 9.40. The molecule has 2 amide bonds. The van der Waals surface area contributed by atoms with Crippen LogP contribution in [0.2, 0.25) is 0 Å². The monoisotopic (exact) mass is 362 g/mol. The van der Waals surface area contributed by atoms with Gasteiger partial charge in [0.05, 0.1) is 0 Å². The average Bonchev–Trinajstić information content (AvgIpc) is 3.13. The van der Waals surface area contributed by atoms with Gasteiger partial charge in [-0.05, 0) is 25.8 Å². The number of carbonyl (C=O) groups is 3. The van der Waals surface area contributed by atoms with E-state index in [1.165, 1.54) is 0 Å². The number of hydrogen-bond donors (Lipinski definition) is 1. The summed E-state index contributed by atoms with van der Waals surface area (Å²) in [6.07, 6.45) is 1.09. The van der Waals surface area contributed by atoms with Gasteiger partial charge in [-0.1, -0.05) is 30.3 Å². The molecule has 0 aromatic heterocycles. The molecule has 2 heterocycles. The molecule has 0 unspecified atom stereocenters.